The van der Waals surface area contributed by atoms with Crippen LogP contribution >= 0.6 is 43.2 Å². The molecule has 3 amide bonds. The molecule has 5 nitrogen and oxygen atoms in total. The van der Waals surface area contributed by atoms with Crippen LogP contribution in [0.2, 0.25) is 0 Å². The van der Waals surface area contributed by atoms with Gasteiger partial charge in [-0.15, -0.1) is 11.3 Å². The second kappa shape index (κ2) is 6.91. The zero-order valence-corrected chi connectivity index (χ0v) is 15.0. The summed E-state index contributed by atoms with van der Waals surface area (Å²) in [6.45, 7) is 4.81. The molecule has 0 atom stereocenters. The van der Waals surface area contributed by atoms with Gasteiger partial charge in [-0.1, -0.05) is 0 Å². The molecule has 0 radical (unpaired) electrons. The Bertz CT molecular complexity index is 493. The van der Waals surface area contributed by atoms with Crippen molar-refractivity contribution < 1.29 is 9.59 Å². The first-order valence-electron chi connectivity index (χ1n) is 6.29. The van der Waals surface area contributed by atoms with Gasteiger partial charge in [0.05, 0.1) is 8.66 Å². The van der Waals surface area contributed by atoms with E-state index in [0.717, 1.165) is 8.26 Å². The topological polar surface area (TPSA) is 52.7 Å². The standard InChI is InChI=1S/C12H15Br2N3O2S/c1-2-15-12(19)17-5-3-16(4-6-17)11(18)9-7-8(13)10(14)20-9/h7H,2-6H2,1H3,(H,15,19). The lowest BCUT2D eigenvalue weighted by Crippen LogP contribution is -2.53. The number of nitrogens with zero attached hydrogens (tertiary/aromatic N) is 2. The summed E-state index contributed by atoms with van der Waals surface area (Å²) in [4.78, 5) is 28.3. The number of carbonyl (C=O) groups is 2. The van der Waals surface area contributed by atoms with Gasteiger partial charge in [0.2, 0.25) is 0 Å². The lowest BCUT2D eigenvalue weighted by molar-refractivity contribution is 0.0670. The van der Waals surface area contributed by atoms with Crippen LogP contribution in [0, 0.1) is 0 Å². The van der Waals surface area contributed by atoms with Gasteiger partial charge >= 0.3 is 6.03 Å². The molecule has 0 aliphatic carbocycles. The van der Waals surface area contributed by atoms with E-state index < -0.39 is 0 Å². The summed E-state index contributed by atoms with van der Waals surface area (Å²) in [6.07, 6.45) is 0. The van der Waals surface area contributed by atoms with Gasteiger partial charge in [-0.05, 0) is 44.8 Å². The number of amides is 3. The molecule has 20 heavy (non-hydrogen) atoms. The van der Waals surface area contributed by atoms with Crippen LogP contribution in [0.25, 0.3) is 0 Å². The Balaban J connectivity index is 1.93. The third kappa shape index (κ3) is 3.53. The molecular formula is C12H15Br2N3O2S. The Morgan fingerprint density at radius 1 is 1.25 bits per heavy atom. The molecule has 0 unspecified atom stereocenters. The van der Waals surface area contributed by atoms with Crippen molar-refractivity contribution in [3.05, 3.63) is 19.2 Å². The van der Waals surface area contributed by atoms with E-state index in [1.807, 2.05) is 13.0 Å². The van der Waals surface area contributed by atoms with Crippen LogP contribution in [-0.2, 0) is 0 Å². The maximum atomic E-state index is 12.3. The normalized spacial score (nSPS) is 15.3. The molecule has 1 aliphatic rings. The van der Waals surface area contributed by atoms with Gasteiger partial charge in [-0.25, -0.2) is 4.79 Å². The SMILES string of the molecule is CCNC(=O)N1CCN(C(=O)c2cc(Br)c(Br)s2)CC1. The van der Waals surface area contributed by atoms with Crippen LogP contribution in [0.5, 0.6) is 0 Å². The largest absolute Gasteiger partial charge is 0.338 e. The Kier molecular flexibility index (Phi) is 5.45. The summed E-state index contributed by atoms with van der Waals surface area (Å²) in [5.41, 5.74) is 0. The highest BCUT2D eigenvalue weighted by Crippen LogP contribution is 2.33. The maximum Gasteiger partial charge on any atom is 0.317 e. The molecule has 1 saturated heterocycles. The summed E-state index contributed by atoms with van der Waals surface area (Å²) in [5.74, 6) is 0.0250. The van der Waals surface area contributed by atoms with Crippen LogP contribution in [0.15, 0.2) is 14.3 Å². The van der Waals surface area contributed by atoms with Crippen molar-refractivity contribution in [2.75, 3.05) is 32.7 Å². The fourth-order valence-electron chi connectivity index (χ4n) is 1.98. The van der Waals surface area contributed by atoms with Crippen molar-refractivity contribution in [3.8, 4) is 0 Å². The van der Waals surface area contributed by atoms with Crippen molar-refractivity contribution in [2.45, 2.75) is 6.92 Å². The Morgan fingerprint density at radius 2 is 1.85 bits per heavy atom. The molecule has 1 aromatic heterocycles. The second-order valence-electron chi connectivity index (χ2n) is 4.35. The van der Waals surface area contributed by atoms with Gasteiger partial charge in [0.1, 0.15) is 0 Å². The number of hydrogen-bond acceptors (Lipinski definition) is 3. The lowest BCUT2D eigenvalue weighted by atomic mass is 10.3. The highest BCUT2D eigenvalue weighted by molar-refractivity contribution is 9.13. The average Bonchev–Trinajstić information content (AvgIpc) is 2.78. The van der Waals surface area contributed by atoms with E-state index in [2.05, 4.69) is 37.2 Å². The number of halogens is 2. The van der Waals surface area contributed by atoms with E-state index in [-0.39, 0.29) is 11.9 Å². The number of hydrogen-bond donors (Lipinski definition) is 1. The van der Waals surface area contributed by atoms with Crippen molar-refractivity contribution in [2.24, 2.45) is 0 Å². The second-order valence-corrected chi connectivity index (χ2v) is 7.57. The molecule has 0 aromatic carbocycles. The number of piperazine rings is 1. The molecule has 1 aliphatic heterocycles. The van der Waals surface area contributed by atoms with Gasteiger partial charge in [-0.3, -0.25) is 4.79 Å². The molecule has 0 spiro atoms. The van der Waals surface area contributed by atoms with E-state index in [1.165, 1.54) is 11.3 Å². The quantitative estimate of drug-likeness (QED) is 0.793. The summed E-state index contributed by atoms with van der Waals surface area (Å²) in [7, 11) is 0. The van der Waals surface area contributed by atoms with Gasteiger partial charge in [0.15, 0.2) is 0 Å². The number of thiophene rings is 1. The van der Waals surface area contributed by atoms with Crippen molar-refractivity contribution >= 4 is 55.1 Å². The molecule has 0 saturated carbocycles. The van der Waals surface area contributed by atoms with Crippen LogP contribution in [0.1, 0.15) is 16.6 Å². The summed E-state index contributed by atoms with van der Waals surface area (Å²) >= 11 is 8.20. The molecule has 1 aromatic rings. The first kappa shape index (κ1) is 15.8. The predicted octanol–water partition coefficient (Wildman–Crippen LogP) is 2.76. The molecule has 0 bridgehead atoms. The van der Waals surface area contributed by atoms with Crippen molar-refractivity contribution in [1.82, 2.24) is 15.1 Å². The van der Waals surface area contributed by atoms with Gasteiger partial charge in [0, 0.05) is 37.2 Å². The van der Waals surface area contributed by atoms with Crippen molar-refractivity contribution in [1.29, 1.82) is 0 Å². The molecular weight excluding hydrogens is 410 g/mol. The molecule has 2 heterocycles. The highest BCUT2D eigenvalue weighted by Gasteiger charge is 2.25. The van der Waals surface area contributed by atoms with Crippen LogP contribution in [0.3, 0.4) is 0 Å². The van der Waals surface area contributed by atoms with E-state index in [4.69, 9.17) is 0 Å². The summed E-state index contributed by atoms with van der Waals surface area (Å²) in [6, 6.07) is 1.77. The van der Waals surface area contributed by atoms with Crippen molar-refractivity contribution in [3.63, 3.8) is 0 Å². The molecule has 8 heteroatoms. The smallest absolute Gasteiger partial charge is 0.317 e. The summed E-state index contributed by atoms with van der Waals surface area (Å²) < 4.78 is 1.81. The minimum atomic E-state index is -0.0544. The number of rotatable bonds is 2. The minimum absolute atomic E-state index is 0.0250. The van der Waals surface area contributed by atoms with Crippen LogP contribution in [-0.4, -0.2) is 54.5 Å². The van der Waals surface area contributed by atoms with E-state index >= 15 is 0 Å². The molecule has 110 valence electrons. The van der Waals surface area contributed by atoms with Crippen LogP contribution < -0.4 is 5.32 Å². The zero-order valence-electron chi connectivity index (χ0n) is 11.0. The first-order valence-corrected chi connectivity index (χ1v) is 8.70. The lowest BCUT2D eigenvalue weighted by Gasteiger charge is -2.34. The third-order valence-corrected chi connectivity index (χ3v) is 6.28. The Hall–Kier alpha value is -0.600. The fourth-order valence-corrected chi connectivity index (χ4v) is 3.99. The van der Waals surface area contributed by atoms with E-state index in [9.17, 15) is 9.59 Å². The molecule has 1 fully saturated rings. The van der Waals surface area contributed by atoms with Crippen LogP contribution in [0.4, 0.5) is 4.79 Å². The monoisotopic (exact) mass is 423 g/mol. The number of urea groups is 1. The number of carbonyl (C=O) groups excluding carboxylic acids is 2. The predicted molar refractivity (Wildman–Crippen MR) is 86.3 cm³/mol. The fraction of sp³-hybridized carbons (Fsp3) is 0.500. The minimum Gasteiger partial charge on any atom is -0.338 e. The average molecular weight is 425 g/mol. The third-order valence-electron chi connectivity index (χ3n) is 3.04. The molecule has 2 rings (SSSR count). The first-order chi connectivity index (χ1) is 9.52. The summed E-state index contributed by atoms with van der Waals surface area (Å²) in [5, 5.41) is 2.77. The highest BCUT2D eigenvalue weighted by atomic mass is 79.9. The maximum absolute atomic E-state index is 12.3. The van der Waals surface area contributed by atoms with Gasteiger partial charge in [-0.2, -0.15) is 0 Å². The zero-order chi connectivity index (χ0) is 14.7. The van der Waals surface area contributed by atoms with E-state index in [1.54, 1.807) is 9.80 Å². The number of nitrogens with one attached hydrogen (secondary N) is 1. The van der Waals surface area contributed by atoms with Gasteiger partial charge < -0.3 is 15.1 Å². The molecule has 1 N–H and O–H groups in total. The van der Waals surface area contributed by atoms with E-state index in [0.29, 0.717) is 37.6 Å². The Morgan fingerprint density at radius 3 is 2.35 bits per heavy atom. The Labute approximate surface area is 138 Å². The van der Waals surface area contributed by atoms with Gasteiger partial charge in [0.25, 0.3) is 5.91 Å².